The highest BCUT2D eigenvalue weighted by atomic mass is 35.5. The number of nitrogens with zero attached hydrogens (tertiary/aromatic N) is 2. The van der Waals surface area contributed by atoms with Crippen LogP contribution in [-0.2, 0) is 6.42 Å². The number of hydrogen-bond donors (Lipinski definition) is 1. The minimum atomic E-state index is -0.642. The second-order valence-electron chi connectivity index (χ2n) is 5.48. The summed E-state index contributed by atoms with van der Waals surface area (Å²) in [6.45, 7) is 0.716. The third-order valence-corrected chi connectivity index (χ3v) is 4.51. The lowest BCUT2D eigenvalue weighted by Gasteiger charge is -2.08. The Balaban J connectivity index is 1.92. The van der Waals surface area contributed by atoms with Gasteiger partial charge in [-0.05, 0) is 36.8 Å². The number of anilines is 1. The fourth-order valence-electron chi connectivity index (χ4n) is 2.90. The van der Waals surface area contributed by atoms with Gasteiger partial charge in [0.05, 0.1) is 10.7 Å². The molecule has 0 aliphatic carbocycles. The van der Waals surface area contributed by atoms with Gasteiger partial charge in [-0.1, -0.05) is 23.2 Å². The molecule has 1 aliphatic rings. The van der Waals surface area contributed by atoms with E-state index in [1.165, 1.54) is 12.1 Å². The zero-order valence-electron chi connectivity index (χ0n) is 12.3. The lowest BCUT2D eigenvalue weighted by atomic mass is 10.1. The largest absolute Gasteiger partial charge is 0.369 e. The number of aromatic nitrogens is 2. The maximum atomic E-state index is 14.2. The molecule has 2 aromatic carbocycles. The first-order chi connectivity index (χ1) is 11.5. The van der Waals surface area contributed by atoms with Crippen LogP contribution in [0.3, 0.4) is 0 Å². The summed E-state index contributed by atoms with van der Waals surface area (Å²) < 4.78 is 29.0. The molecule has 0 spiro atoms. The molecule has 0 saturated carbocycles. The van der Waals surface area contributed by atoms with Crippen LogP contribution < -0.4 is 5.32 Å². The number of hydrogen-bond acceptors (Lipinski definition) is 2. The fraction of sp³-hybridized carbons (Fsp3) is 0.118. The molecule has 122 valence electrons. The Labute approximate surface area is 146 Å². The number of nitrogens with one attached hydrogen (secondary N) is 1. The van der Waals surface area contributed by atoms with Gasteiger partial charge in [0.15, 0.2) is 0 Å². The molecule has 0 bridgehead atoms. The Morgan fingerprint density at radius 2 is 1.92 bits per heavy atom. The van der Waals surface area contributed by atoms with E-state index in [2.05, 4.69) is 10.4 Å². The molecule has 0 radical (unpaired) electrons. The molecule has 3 aromatic rings. The van der Waals surface area contributed by atoms with Crippen molar-refractivity contribution in [3.05, 3.63) is 63.6 Å². The standard InChI is InChI=1S/C17H11Cl2F2N3/c18-9-1-4-15(13(19)7-9)24-17-12(5-6-22-17)16(23-24)11-3-2-10(20)8-14(11)21/h1-4,7-8,22H,5-6H2. The van der Waals surface area contributed by atoms with E-state index >= 15 is 0 Å². The van der Waals surface area contributed by atoms with Crippen LogP contribution in [0.2, 0.25) is 10.0 Å². The van der Waals surface area contributed by atoms with Crippen molar-refractivity contribution in [1.82, 2.24) is 9.78 Å². The van der Waals surface area contributed by atoms with Gasteiger partial charge in [-0.15, -0.1) is 0 Å². The molecule has 0 atom stereocenters. The molecule has 0 fully saturated rings. The van der Waals surface area contributed by atoms with Crippen LogP contribution in [0.1, 0.15) is 5.56 Å². The topological polar surface area (TPSA) is 29.9 Å². The van der Waals surface area contributed by atoms with Crippen molar-refractivity contribution in [2.75, 3.05) is 11.9 Å². The summed E-state index contributed by atoms with van der Waals surface area (Å²) in [6.07, 6.45) is 0.701. The van der Waals surface area contributed by atoms with Gasteiger partial charge in [0.1, 0.15) is 23.1 Å². The van der Waals surface area contributed by atoms with Crippen LogP contribution >= 0.6 is 23.2 Å². The maximum absolute atomic E-state index is 14.2. The average Bonchev–Trinajstić information content (AvgIpc) is 3.11. The first-order valence-corrected chi connectivity index (χ1v) is 8.07. The molecule has 0 amide bonds. The first-order valence-electron chi connectivity index (χ1n) is 7.31. The van der Waals surface area contributed by atoms with Gasteiger partial charge in [0.2, 0.25) is 0 Å². The number of halogens is 4. The Morgan fingerprint density at radius 3 is 2.67 bits per heavy atom. The molecular weight excluding hydrogens is 355 g/mol. The van der Waals surface area contributed by atoms with Crippen molar-refractivity contribution in [2.24, 2.45) is 0 Å². The van der Waals surface area contributed by atoms with Crippen molar-refractivity contribution < 1.29 is 8.78 Å². The van der Waals surface area contributed by atoms with E-state index in [9.17, 15) is 8.78 Å². The van der Waals surface area contributed by atoms with E-state index in [4.69, 9.17) is 23.2 Å². The van der Waals surface area contributed by atoms with Crippen LogP contribution in [0.4, 0.5) is 14.6 Å². The predicted octanol–water partition coefficient (Wildman–Crippen LogP) is 5.09. The Bertz CT molecular complexity index is 879. The zero-order valence-corrected chi connectivity index (χ0v) is 13.8. The lowest BCUT2D eigenvalue weighted by Crippen LogP contribution is -2.05. The van der Waals surface area contributed by atoms with Crippen LogP contribution in [0.25, 0.3) is 16.9 Å². The molecule has 1 aromatic heterocycles. The van der Waals surface area contributed by atoms with Gasteiger partial charge in [-0.25, -0.2) is 13.5 Å². The van der Waals surface area contributed by atoms with Gasteiger partial charge in [0.25, 0.3) is 0 Å². The SMILES string of the molecule is Fc1ccc(-c2nn(-c3ccc(Cl)cc3Cl)c3c2CCN3)c(F)c1. The Hall–Kier alpha value is -2.11. The van der Waals surface area contributed by atoms with Gasteiger partial charge < -0.3 is 5.32 Å². The highest BCUT2D eigenvalue weighted by molar-refractivity contribution is 6.35. The van der Waals surface area contributed by atoms with Crippen LogP contribution in [0.5, 0.6) is 0 Å². The molecule has 0 unspecified atom stereocenters. The van der Waals surface area contributed by atoms with Crippen molar-refractivity contribution >= 4 is 29.0 Å². The highest BCUT2D eigenvalue weighted by Crippen LogP contribution is 2.37. The molecular formula is C17H11Cl2F2N3. The average molecular weight is 366 g/mol. The second-order valence-corrected chi connectivity index (χ2v) is 6.33. The minimum Gasteiger partial charge on any atom is -0.369 e. The highest BCUT2D eigenvalue weighted by Gasteiger charge is 2.26. The van der Waals surface area contributed by atoms with Crippen LogP contribution in [0, 0.1) is 11.6 Å². The van der Waals surface area contributed by atoms with Crippen molar-refractivity contribution in [2.45, 2.75) is 6.42 Å². The van der Waals surface area contributed by atoms with E-state index in [1.54, 1.807) is 22.9 Å². The van der Waals surface area contributed by atoms with Crippen LogP contribution in [-0.4, -0.2) is 16.3 Å². The Morgan fingerprint density at radius 1 is 1.08 bits per heavy atom. The zero-order chi connectivity index (χ0) is 16.8. The quantitative estimate of drug-likeness (QED) is 0.685. The second kappa shape index (κ2) is 5.76. The monoisotopic (exact) mass is 365 g/mol. The molecule has 3 nitrogen and oxygen atoms in total. The third kappa shape index (κ3) is 2.44. The van der Waals surface area contributed by atoms with E-state index in [-0.39, 0.29) is 5.56 Å². The van der Waals surface area contributed by atoms with Gasteiger partial charge in [-0.2, -0.15) is 5.10 Å². The number of rotatable bonds is 2. The number of benzene rings is 2. The van der Waals surface area contributed by atoms with E-state index in [0.29, 0.717) is 34.4 Å². The smallest absolute Gasteiger partial charge is 0.135 e. The molecule has 1 aliphatic heterocycles. The molecule has 1 N–H and O–H groups in total. The van der Waals surface area contributed by atoms with E-state index in [0.717, 1.165) is 17.4 Å². The van der Waals surface area contributed by atoms with Crippen molar-refractivity contribution in [3.8, 4) is 16.9 Å². The molecule has 0 saturated heterocycles. The van der Waals surface area contributed by atoms with Gasteiger partial charge in [0, 0.05) is 28.8 Å². The molecule has 2 heterocycles. The Kier molecular flexibility index (Phi) is 3.70. The summed E-state index contributed by atoms with van der Waals surface area (Å²) >= 11 is 12.2. The van der Waals surface area contributed by atoms with Gasteiger partial charge >= 0.3 is 0 Å². The summed E-state index contributed by atoms with van der Waals surface area (Å²) in [5.41, 5.74) is 2.27. The van der Waals surface area contributed by atoms with Crippen molar-refractivity contribution in [3.63, 3.8) is 0 Å². The lowest BCUT2D eigenvalue weighted by molar-refractivity contribution is 0.585. The van der Waals surface area contributed by atoms with E-state index in [1.807, 2.05) is 0 Å². The number of fused-ring (bicyclic) bond motifs is 1. The normalized spacial score (nSPS) is 13.0. The minimum absolute atomic E-state index is 0.264. The van der Waals surface area contributed by atoms with Gasteiger partial charge in [-0.3, -0.25) is 0 Å². The summed E-state index contributed by atoms with van der Waals surface area (Å²) in [6, 6.07) is 8.57. The molecule has 7 heteroatoms. The summed E-state index contributed by atoms with van der Waals surface area (Å²) in [7, 11) is 0. The first kappa shape index (κ1) is 15.4. The molecule has 24 heavy (non-hydrogen) atoms. The van der Waals surface area contributed by atoms with Crippen LogP contribution in [0.15, 0.2) is 36.4 Å². The summed E-state index contributed by atoms with van der Waals surface area (Å²) in [5, 5.41) is 8.72. The van der Waals surface area contributed by atoms with E-state index < -0.39 is 11.6 Å². The summed E-state index contributed by atoms with van der Waals surface area (Å²) in [4.78, 5) is 0. The summed E-state index contributed by atoms with van der Waals surface area (Å²) in [5.74, 6) is -0.499. The maximum Gasteiger partial charge on any atom is 0.135 e. The third-order valence-electron chi connectivity index (χ3n) is 3.98. The predicted molar refractivity (Wildman–Crippen MR) is 91.1 cm³/mol. The molecule has 4 rings (SSSR count). The fourth-order valence-corrected chi connectivity index (χ4v) is 3.39. The van der Waals surface area contributed by atoms with Crippen molar-refractivity contribution in [1.29, 1.82) is 0 Å².